The fraction of sp³-hybridized carbons (Fsp3) is 0.680. The third kappa shape index (κ3) is 8.66. The van der Waals surface area contributed by atoms with Gasteiger partial charge in [-0.3, -0.25) is 4.90 Å². The van der Waals surface area contributed by atoms with Crippen molar-refractivity contribution in [3.05, 3.63) is 35.9 Å². The van der Waals surface area contributed by atoms with Gasteiger partial charge in [0.25, 0.3) is 0 Å². The predicted octanol–water partition coefficient (Wildman–Crippen LogP) is 5.17. The number of carboxylic acid groups (broad SMARTS) is 1. The fourth-order valence-electron chi connectivity index (χ4n) is 4.26. The molecule has 2 N–H and O–H groups in total. The van der Waals surface area contributed by atoms with E-state index in [2.05, 4.69) is 55.3 Å². The molecule has 1 aromatic carbocycles. The van der Waals surface area contributed by atoms with E-state index in [4.69, 9.17) is 4.74 Å². The van der Waals surface area contributed by atoms with Crippen LogP contribution in [0.5, 0.6) is 0 Å². The number of nitrogens with zero attached hydrogens (tertiary/aromatic N) is 1. The van der Waals surface area contributed by atoms with Crippen LogP contribution in [-0.2, 0) is 16.1 Å². The monoisotopic (exact) mass is 464 g/mol. The molecule has 2 rings (SSSR count). The highest BCUT2D eigenvalue weighted by Crippen LogP contribution is 2.38. The summed E-state index contributed by atoms with van der Waals surface area (Å²) in [7, 11) is 0. The van der Waals surface area contributed by atoms with Gasteiger partial charge in [-0.1, -0.05) is 51.1 Å². The quantitative estimate of drug-likeness (QED) is 0.491. The number of carboxylic acids is 1. The Balaban J connectivity index is 1.90. The van der Waals surface area contributed by atoms with Crippen LogP contribution in [0, 0.1) is 5.41 Å². The summed E-state index contributed by atoms with van der Waals surface area (Å²) in [4.78, 5) is 26.2. The molecule has 3 atom stereocenters. The van der Waals surface area contributed by atoms with E-state index in [1.165, 1.54) is 12.0 Å². The van der Waals surface area contributed by atoms with Crippen LogP contribution in [0.1, 0.15) is 66.4 Å². The maximum absolute atomic E-state index is 11.9. The van der Waals surface area contributed by atoms with Crippen LogP contribution >= 0.6 is 11.8 Å². The SMILES string of the molecule is CC(C)(C)OC(=O)N[C@@H](CSCC[C@H]1CC[C@@H](C(C)(C)C)N1Cc1ccccc1)C(=O)O. The molecular weight excluding hydrogens is 424 g/mol. The number of thioether (sulfide) groups is 1. The molecule has 1 heterocycles. The summed E-state index contributed by atoms with van der Waals surface area (Å²) in [6.45, 7) is 13.1. The van der Waals surface area contributed by atoms with Gasteiger partial charge in [0, 0.05) is 24.4 Å². The van der Waals surface area contributed by atoms with Gasteiger partial charge in [0.2, 0.25) is 0 Å². The van der Waals surface area contributed by atoms with Gasteiger partial charge in [-0.05, 0) is 56.8 Å². The van der Waals surface area contributed by atoms with Crippen molar-refractivity contribution in [2.24, 2.45) is 5.41 Å². The Labute approximate surface area is 197 Å². The Kier molecular flexibility index (Phi) is 9.46. The average Bonchev–Trinajstić information content (AvgIpc) is 3.06. The van der Waals surface area contributed by atoms with Gasteiger partial charge in [-0.25, -0.2) is 9.59 Å². The first-order chi connectivity index (χ1) is 14.9. The van der Waals surface area contributed by atoms with Crippen LogP contribution in [0.2, 0.25) is 0 Å². The van der Waals surface area contributed by atoms with E-state index in [9.17, 15) is 14.7 Å². The molecule has 0 aromatic heterocycles. The molecule has 0 aliphatic carbocycles. The van der Waals surface area contributed by atoms with E-state index < -0.39 is 23.7 Å². The van der Waals surface area contributed by atoms with Crippen molar-refractivity contribution in [3.8, 4) is 0 Å². The summed E-state index contributed by atoms with van der Waals surface area (Å²) in [5.41, 5.74) is 0.880. The van der Waals surface area contributed by atoms with Gasteiger partial charge in [-0.2, -0.15) is 11.8 Å². The van der Waals surface area contributed by atoms with E-state index in [1.54, 1.807) is 32.5 Å². The number of nitrogens with one attached hydrogen (secondary N) is 1. The van der Waals surface area contributed by atoms with Crippen LogP contribution < -0.4 is 5.32 Å². The van der Waals surface area contributed by atoms with Crippen molar-refractivity contribution in [2.45, 2.75) is 91.1 Å². The second kappa shape index (κ2) is 11.4. The van der Waals surface area contributed by atoms with E-state index in [1.807, 2.05) is 6.07 Å². The molecule has 1 amide bonds. The summed E-state index contributed by atoms with van der Waals surface area (Å²) in [6, 6.07) is 10.6. The lowest BCUT2D eigenvalue weighted by Gasteiger charge is -2.38. The van der Waals surface area contributed by atoms with Gasteiger partial charge in [-0.15, -0.1) is 0 Å². The highest BCUT2D eigenvalue weighted by Gasteiger charge is 2.39. The Morgan fingerprint density at radius 3 is 2.38 bits per heavy atom. The number of benzene rings is 1. The number of hydrogen-bond acceptors (Lipinski definition) is 5. The molecule has 1 fully saturated rings. The zero-order valence-corrected chi connectivity index (χ0v) is 21.2. The number of aliphatic carboxylic acids is 1. The lowest BCUT2D eigenvalue weighted by atomic mass is 9.85. The van der Waals surface area contributed by atoms with E-state index >= 15 is 0 Å². The van der Waals surface area contributed by atoms with Crippen molar-refractivity contribution in [2.75, 3.05) is 11.5 Å². The molecule has 1 aliphatic heterocycles. The summed E-state index contributed by atoms with van der Waals surface area (Å²) in [5.74, 6) is 0.137. The van der Waals surface area contributed by atoms with Gasteiger partial charge in [0.1, 0.15) is 11.6 Å². The molecule has 7 heteroatoms. The topological polar surface area (TPSA) is 78.9 Å². The first-order valence-electron chi connectivity index (χ1n) is 11.5. The van der Waals surface area contributed by atoms with Gasteiger partial charge >= 0.3 is 12.1 Å². The van der Waals surface area contributed by atoms with Crippen LogP contribution in [0.15, 0.2) is 30.3 Å². The standard InChI is InChI=1S/C25H40N2O4S/c1-24(2,3)21-13-12-19(27(21)16-18-10-8-7-9-11-18)14-15-32-17-20(22(28)29)26-23(30)31-25(4,5)6/h7-11,19-21H,12-17H2,1-6H3,(H,26,30)(H,28,29)/t19-,20+,21+/m1/s1. The number of ether oxygens (including phenoxy) is 1. The number of rotatable bonds is 9. The van der Waals surface area contributed by atoms with Crippen LogP contribution in [0.25, 0.3) is 0 Å². The minimum atomic E-state index is -1.04. The van der Waals surface area contributed by atoms with Crippen LogP contribution in [0.3, 0.4) is 0 Å². The highest BCUT2D eigenvalue weighted by molar-refractivity contribution is 7.99. The largest absolute Gasteiger partial charge is 0.480 e. The second-order valence-electron chi connectivity index (χ2n) is 10.7. The molecule has 0 saturated carbocycles. The zero-order chi connectivity index (χ0) is 23.9. The molecule has 0 spiro atoms. The summed E-state index contributed by atoms with van der Waals surface area (Å²) in [6.07, 6.45) is 2.66. The van der Waals surface area contributed by atoms with Crippen LogP contribution in [0.4, 0.5) is 4.79 Å². The molecule has 1 saturated heterocycles. The number of carbonyl (C=O) groups is 2. The second-order valence-corrected chi connectivity index (χ2v) is 11.8. The van der Waals surface area contributed by atoms with Gasteiger partial charge < -0.3 is 15.2 Å². The molecule has 6 nitrogen and oxygen atoms in total. The van der Waals surface area contributed by atoms with Crippen molar-refractivity contribution in [1.82, 2.24) is 10.2 Å². The summed E-state index contributed by atoms with van der Waals surface area (Å²) in [5, 5.41) is 11.9. The fourth-order valence-corrected chi connectivity index (χ4v) is 5.32. The van der Waals surface area contributed by atoms with Crippen molar-refractivity contribution >= 4 is 23.8 Å². The number of hydrogen-bond donors (Lipinski definition) is 2. The summed E-state index contributed by atoms with van der Waals surface area (Å²) >= 11 is 1.58. The highest BCUT2D eigenvalue weighted by atomic mass is 32.2. The number of alkyl carbamates (subject to hydrolysis) is 1. The minimum Gasteiger partial charge on any atom is -0.480 e. The van der Waals surface area contributed by atoms with E-state index in [0.29, 0.717) is 17.8 Å². The maximum atomic E-state index is 11.9. The Morgan fingerprint density at radius 2 is 1.81 bits per heavy atom. The van der Waals surface area contributed by atoms with Crippen molar-refractivity contribution in [1.29, 1.82) is 0 Å². The lowest BCUT2D eigenvalue weighted by Crippen LogP contribution is -2.45. The molecule has 0 bridgehead atoms. The minimum absolute atomic E-state index is 0.211. The van der Waals surface area contributed by atoms with Crippen molar-refractivity contribution < 1.29 is 19.4 Å². The van der Waals surface area contributed by atoms with Crippen molar-refractivity contribution in [3.63, 3.8) is 0 Å². The van der Waals surface area contributed by atoms with E-state index in [0.717, 1.165) is 25.1 Å². The average molecular weight is 465 g/mol. The molecule has 1 aliphatic rings. The molecule has 0 unspecified atom stereocenters. The maximum Gasteiger partial charge on any atom is 0.408 e. The Hall–Kier alpha value is -1.73. The summed E-state index contributed by atoms with van der Waals surface area (Å²) < 4.78 is 5.19. The molecule has 0 radical (unpaired) electrons. The normalized spacial score (nSPS) is 20.7. The number of likely N-dealkylation sites (tertiary alicyclic amines) is 1. The van der Waals surface area contributed by atoms with Gasteiger partial charge in [0.05, 0.1) is 0 Å². The number of amides is 1. The zero-order valence-electron chi connectivity index (χ0n) is 20.4. The third-order valence-corrected chi connectivity index (χ3v) is 6.81. The molecular formula is C25H40N2O4S. The molecule has 180 valence electrons. The predicted molar refractivity (Wildman–Crippen MR) is 131 cm³/mol. The van der Waals surface area contributed by atoms with Gasteiger partial charge in [0.15, 0.2) is 0 Å². The van der Waals surface area contributed by atoms with E-state index in [-0.39, 0.29) is 5.41 Å². The molecule has 1 aromatic rings. The number of carbonyl (C=O) groups excluding carboxylic acids is 1. The Bertz CT molecular complexity index is 743. The third-order valence-electron chi connectivity index (χ3n) is 5.72. The first-order valence-corrected chi connectivity index (χ1v) is 12.6. The first kappa shape index (κ1) is 26.5. The molecule has 32 heavy (non-hydrogen) atoms. The lowest BCUT2D eigenvalue weighted by molar-refractivity contribution is -0.138. The van der Waals surface area contributed by atoms with Crippen LogP contribution in [-0.4, -0.2) is 57.3 Å². The smallest absolute Gasteiger partial charge is 0.408 e. The Morgan fingerprint density at radius 1 is 1.16 bits per heavy atom.